The lowest BCUT2D eigenvalue weighted by Crippen LogP contribution is -2.12. The highest BCUT2D eigenvalue weighted by molar-refractivity contribution is 5.84. The minimum atomic E-state index is -1.08. The van der Waals surface area contributed by atoms with Crippen molar-refractivity contribution in [2.75, 3.05) is 26.4 Å². The second kappa shape index (κ2) is 7.78. The first-order valence-corrected chi connectivity index (χ1v) is 5.88. The molecule has 1 rings (SSSR count). The van der Waals surface area contributed by atoms with Gasteiger partial charge >= 0.3 is 5.97 Å². The minimum Gasteiger partial charge on any atom is -0.476 e. The summed E-state index contributed by atoms with van der Waals surface area (Å²) in [6, 6.07) is 0. The van der Waals surface area contributed by atoms with Gasteiger partial charge in [0.25, 0.3) is 0 Å². The van der Waals surface area contributed by atoms with E-state index in [0.29, 0.717) is 32.3 Å². The third-order valence-electron chi connectivity index (χ3n) is 2.05. The van der Waals surface area contributed by atoms with E-state index in [4.69, 9.17) is 14.6 Å². The smallest absolute Gasteiger partial charge is 0.358 e. The number of hydrogen-bond acceptors (Lipinski definition) is 5. The van der Waals surface area contributed by atoms with Crippen molar-refractivity contribution < 1.29 is 19.4 Å². The highest BCUT2D eigenvalue weighted by Crippen LogP contribution is 1.94. The van der Waals surface area contributed by atoms with Crippen LogP contribution in [-0.2, 0) is 16.0 Å². The quantitative estimate of drug-likeness (QED) is 0.654. The molecular weight excluding hydrogens is 238 g/mol. The van der Waals surface area contributed by atoms with Gasteiger partial charge in [-0.15, -0.1) is 5.10 Å². The average Bonchev–Trinajstić information content (AvgIpc) is 2.76. The summed E-state index contributed by atoms with van der Waals surface area (Å²) in [6.45, 7) is 6.92. The molecule has 0 saturated carbocycles. The van der Waals surface area contributed by atoms with Crippen molar-refractivity contribution in [3.05, 3.63) is 11.9 Å². The van der Waals surface area contributed by atoms with Crippen molar-refractivity contribution in [3.63, 3.8) is 0 Å². The van der Waals surface area contributed by atoms with E-state index in [9.17, 15) is 4.79 Å². The van der Waals surface area contributed by atoms with Gasteiger partial charge in [-0.2, -0.15) is 0 Å². The second-order valence-corrected chi connectivity index (χ2v) is 4.25. The van der Waals surface area contributed by atoms with Crippen molar-refractivity contribution in [2.45, 2.75) is 20.4 Å². The van der Waals surface area contributed by atoms with Crippen molar-refractivity contribution in [3.8, 4) is 0 Å². The summed E-state index contributed by atoms with van der Waals surface area (Å²) in [7, 11) is 0. The molecule has 1 heterocycles. The summed E-state index contributed by atoms with van der Waals surface area (Å²) in [5.41, 5.74) is -0.0599. The second-order valence-electron chi connectivity index (χ2n) is 4.25. The zero-order chi connectivity index (χ0) is 13.4. The molecule has 0 aliphatic rings. The van der Waals surface area contributed by atoms with E-state index in [1.807, 2.05) is 0 Å². The van der Waals surface area contributed by atoms with E-state index in [1.165, 1.54) is 10.9 Å². The molecule has 0 spiro atoms. The zero-order valence-electron chi connectivity index (χ0n) is 10.7. The Kier molecular flexibility index (Phi) is 6.31. The van der Waals surface area contributed by atoms with Gasteiger partial charge in [-0.3, -0.25) is 0 Å². The first kappa shape index (κ1) is 14.6. The van der Waals surface area contributed by atoms with Gasteiger partial charge in [0.2, 0.25) is 0 Å². The zero-order valence-corrected chi connectivity index (χ0v) is 10.7. The number of aromatic carboxylic acids is 1. The van der Waals surface area contributed by atoms with E-state index in [-0.39, 0.29) is 5.69 Å². The Labute approximate surface area is 106 Å². The lowest BCUT2D eigenvalue weighted by Gasteiger charge is -2.07. The van der Waals surface area contributed by atoms with Gasteiger partial charge in [-0.1, -0.05) is 19.1 Å². The summed E-state index contributed by atoms with van der Waals surface area (Å²) in [5.74, 6) is -0.557. The molecule has 0 bridgehead atoms. The van der Waals surface area contributed by atoms with Gasteiger partial charge in [0.05, 0.1) is 32.6 Å². The molecule has 7 heteroatoms. The third-order valence-corrected chi connectivity index (χ3v) is 2.05. The van der Waals surface area contributed by atoms with Crippen LogP contribution in [0.5, 0.6) is 0 Å². The first-order valence-electron chi connectivity index (χ1n) is 5.88. The molecule has 0 aliphatic carbocycles. The number of carboxylic acids is 1. The molecule has 0 radical (unpaired) electrons. The van der Waals surface area contributed by atoms with Crippen LogP contribution in [0.2, 0.25) is 0 Å². The Bertz CT molecular complexity index is 365. The lowest BCUT2D eigenvalue weighted by atomic mass is 10.2. The summed E-state index contributed by atoms with van der Waals surface area (Å²) in [4.78, 5) is 10.6. The standard InChI is InChI=1S/C11H19N3O4/c1-9(2)8-18-6-5-17-4-3-14-7-10(11(15)16)12-13-14/h7,9H,3-6,8H2,1-2H3,(H,15,16). The van der Waals surface area contributed by atoms with Gasteiger partial charge < -0.3 is 14.6 Å². The molecule has 18 heavy (non-hydrogen) atoms. The summed E-state index contributed by atoms with van der Waals surface area (Å²) >= 11 is 0. The van der Waals surface area contributed by atoms with E-state index in [0.717, 1.165) is 6.61 Å². The number of aromatic nitrogens is 3. The molecule has 1 N–H and O–H groups in total. The minimum absolute atomic E-state index is 0.0599. The monoisotopic (exact) mass is 257 g/mol. The van der Waals surface area contributed by atoms with Crippen molar-refractivity contribution in [1.29, 1.82) is 0 Å². The predicted octanol–water partition coefficient (Wildman–Crippen LogP) is 0.665. The van der Waals surface area contributed by atoms with E-state index in [2.05, 4.69) is 24.2 Å². The number of carboxylic acid groups (broad SMARTS) is 1. The molecular formula is C11H19N3O4. The number of nitrogens with zero attached hydrogens (tertiary/aromatic N) is 3. The van der Waals surface area contributed by atoms with Gasteiger partial charge in [0, 0.05) is 6.61 Å². The van der Waals surface area contributed by atoms with Gasteiger partial charge in [0.15, 0.2) is 5.69 Å². The molecule has 0 amide bonds. The van der Waals surface area contributed by atoms with Crippen molar-refractivity contribution in [1.82, 2.24) is 15.0 Å². The Morgan fingerprint density at radius 3 is 2.72 bits per heavy atom. The van der Waals surface area contributed by atoms with Crippen LogP contribution in [0.1, 0.15) is 24.3 Å². The van der Waals surface area contributed by atoms with Gasteiger partial charge in [-0.25, -0.2) is 9.48 Å². The fourth-order valence-electron chi connectivity index (χ4n) is 1.20. The molecule has 0 fully saturated rings. The van der Waals surface area contributed by atoms with Crippen LogP contribution < -0.4 is 0 Å². The maximum Gasteiger partial charge on any atom is 0.358 e. The van der Waals surface area contributed by atoms with Crippen molar-refractivity contribution in [2.24, 2.45) is 5.92 Å². The van der Waals surface area contributed by atoms with E-state index in [1.54, 1.807) is 0 Å². The molecule has 0 atom stereocenters. The van der Waals surface area contributed by atoms with Crippen LogP contribution in [0.3, 0.4) is 0 Å². The topological polar surface area (TPSA) is 86.5 Å². The Balaban J connectivity index is 2.05. The summed E-state index contributed by atoms with van der Waals surface area (Å²) in [5, 5.41) is 15.8. The molecule has 1 aromatic heterocycles. The van der Waals surface area contributed by atoms with Crippen LogP contribution in [0.15, 0.2) is 6.20 Å². The van der Waals surface area contributed by atoms with Crippen LogP contribution in [-0.4, -0.2) is 52.5 Å². The largest absolute Gasteiger partial charge is 0.476 e. The molecule has 1 aromatic rings. The van der Waals surface area contributed by atoms with E-state index >= 15 is 0 Å². The van der Waals surface area contributed by atoms with Gasteiger partial charge in [0.1, 0.15) is 0 Å². The number of hydrogen-bond donors (Lipinski definition) is 1. The Hall–Kier alpha value is -1.47. The SMILES string of the molecule is CC(C)COCCOCCn1cc(C(=O)O)nn1. The molecule has 0 saturated heterocycles. The third kappa shape index (κ3) is 5.74. The maximum absolute atomic E-state index is 10.6. The molecule has 0 aliphatic heterocycles. The summed E-state index contributed by atoms with van der Waals surface area (Å²) < 4.78 is 12.1. The molecule has 0 unspecified atom stereocenters. The molecule has 7 nitrogen and oxygen atoms in total. The van der Waals surface area contributed by atoms with Crippen LogP contribution in [0.25, 0.3) is 0 Å². The number of ether oxygens (including phenoxy) is 2. The normalized spacial score (nSPS) is 11.1. The summed E-state index contributed by atoms with van der Waals surface area (Å²) in [6.07, 6.45) is 1.38. The molecule has 102 valence electrons. The maximum atomic E-state index is 10.6. The fraction of sp³-hybridized carbons (Fsp3) is 0.727. The van der Waals surface area contributed by atoms with Crippen LogP contribution in [0, 0.1) is 5.92 Å². The highest BCUT2D eigenvalue weighted by Gasteiger charge is 2.07. The van der Waals surface area contributed by atoms with E-state index < -0.39 is 5.97 Å². The predicted molar refractivity (Wildman–Crippen MR) is 63.5 cm³/mol. The fourth-order valence-corrected chi connectivity index (χ4v) is 1.20. The number of rotatable bonds is 9. The number of carbonyl (C=O) groups is 1. The van der Waals surface area contributed by atoms with Gasteiger partial charge in [-0.05, 0) is 5.92 Å². The van der Waals surface area contributed by atoms with Crippen molar-refractivity contribution >= 4 is 5.97 Å². The first-order chi connectivity index (χ1) is 8.59. The highest BCUT2D eigenvalue weighted by atomic mass is 16.5. The van der Waals surface area contributed by atoms with Crippen LogP contribution >= 0.6 is 0 Å². The molecule has 0 aromatic carbocycles. The Morgan fingerprint density at radius 1 is 1.39 bits per heavy atom. The Morgan fingerprint density at radius 2 is 2.11 bits per heavy atom. The average molecular weight is 257 g/mol. The lowest BCUT2D eigenvalue weighted by molar-refractivity contribution is 0.0345. The van der Waals surface area contributed by atoms with Crippen LogP contribution in [0.4, 0.5) is 0 Å².